The van der Waals surface area contributed by atoms with Crippen LogP contribution in [-0.2, 0) is 11.3 Å². The fraction of sp³-hybridized carbons (Fsp3) is 0.364. The fourth-order valence-corrected chi connectivity index (χ4v) is 3.20. The van der Waals surface area contributed by atoms with Crippen LogP contribution in [0.25, 0.3) is 6.08 Å². The van der Waals surface area contributed by atoms with E-state index in [4.69, 9.17) is 4.74 Å². The molecule has 0 amide bonds. The van der Waals surface area contributed by atoms with Gasteiger partial charge in [0.15, 0.2) is 0 Å². The molecule has 3 heteroatoms. The highest BCUT2D eigenvalue weighted by Gasteiger charge is 2.19. The van der Waals surface area contributed by atoms with Crippen molar-refractivity contribution in [2.75, 3.05) is 26.3 Å². The molecule has 0 aliphatic carbocycles. The first-order valence-electron chi connectivity index (χ1n) is 8.96. The van der Waals surface area contributed by atoms with Gasteiger partial charge in [-0.15, -0.1) is 12.4 Å². The van der Waals surface area contributed by atoms with Crippen molar-refractivity contribution >= 4 is 18.5 Å². The molecule has 1 aliphatic rings. The van der Waals surface area contributed by atoms with E-state index in [1.165, 1.54) is 37.1 Å². The summed E-state index contributed by atoms with van der Waals surface area (Å²) in [5, 5.41) is 0. The second-order valence-electron chi connectivity index (χ2n) is 6.56. The number of piperidine rings is 1. The van der Waals surface area contributed by atoms with Crippen LogP contribution in [0, 0.1) is 5.92 Å². The summed E-state index contributed by atoms with van der Waals surface area (Å²) in [7, 11) is 0. The van der Waals surface area contributed by atoms with E-state index in [0.717, 1.165) is 13.2 Å². The van der Waals surface area contributed by atoms with Crippen LogP contribution in [0.1, 0.15) is 24.0 Å². The standard InChI is InChI=1S/C22H27NO.ClH/c1-3-8-20(9-4-1)12-7-17-24-19-22-13-15-23(16-14-22)18-21-10-5-2-6-11-21;/h1-12,22H,13-19H2;1H/b12-7+;. The van der Waals surface area contributed by atoms with Gasteiger partial charge in [-0.05, 0) is 43.0 Å². The topological polar surface area (TPSA) is 12.5 Å². The Labute approximate surface area is 157 Å². The van der Waals surface area contributed by atoms with Crippen LogP contribution in [-0.4, -0.2) is 31.2 Å². The zero-order valence-electron chi connectivity index (χ0n) is 14.7. The average molecular weight is 358 g/mol. The number of likely N-dealkylation sites (tertiary alicyclic amines) is 1. The highest BCUT2D eigenvalue weighted by molar-refractivity contribution is 5.85. The molecule has 0 saturated carbocycles. The first-order valence-corrected chi connectivity index (χ1v) is 8.96. The maximum Gasteiger partial charge on any atom is 0.0650 e. The van der Waals surface area contributed by atoms with Crippen molar-refractivity contribution in [2.24, 2.45) is 5.92 Å². The first kappa shape index (κ1) is 19.7. The summed E-state index contributed by atoms with van der Waals surface area (Å²) >= 11 is 0. The van der Waals surface area contributed by atoms with Gasteiger partial charge in [0.05, 0.1) is 6.61 Å². The third kappa shape index (κ3) is 7.03. The lowest BCUT2D eigenvalue weighted by molar-refractivity contribution is 0.0801. The summed E-state index contributed by atoms with van der Waals surface area (Å²) in [6, 6.07) is 21.1. The Morgan fingerprint density at radius 1 is 0.920 bits per heavy atom. The molecule has 0 spiro atoms. The van der Waals surface area contributed by atoms with Crippen molar-refractivity contribution in [3.63, 3.8) is 0 Å². The Morgan fingerprint density at radius 3 is 2.24 bits per heavy atom. The predicted octanol–water partition coefficient (Wildman–Crippen LogP) is 5.05. The van der Waals surface area contributed by atoms with Gasteiger partial charge in [0.1, 0.15) is 0 Å². The van der Waals surface area contributed by atoms with Crippen molar-refractivity contribution in [2.45, 2.75) is 19.4 Å². The van der Waals surface area contributed by atoms with Gasteiger partial charge in [-0.1, -0.05) is 72.8 Å². The number of benzene rings is 2. The van der Waals surface area contributed by atoms with E-state index in [0.29, 0.717) is 12.5 Å². The zero-order chi connectivity index (χ0) is 16.5. The van der Waals surface area contributed by atoms with E-state index in [2.05, 4.69) is 71.6 Å². The van der Waals surface area contributed by atoms with Crippen LogP contribution in [0.5, 0.6) is 0 Å². The molecule has 0 unspecified atom stereocenters. The molecule has 0 N–H and O–H groups in total. The van der Waals surface area contributed by atoms with Gasteiger partial charge in [0.25, 0.3) is 0 Å². The van der Waals surface area contributed by atoms with E-state index in [9.17, 15) is 0 Å². The number of hydrogen-bond donors (Lipinski definition) is 0. The van der Waals surface area contributed by atoms with Crippen LogP contribution < -0.4 is 0 Å². The molecule has 1 heterocycles. The Balaban J connectivity index is 0.00000225. The van der Waals surface area contributed by atoms with E-state index in [1.54, 1.807) is 0 Å². The lowest BCUT2D eigenvalue weighted by Gasteiger charge is -2.31. The summed E-state index contributed by atoms with van der Waals surface area (Å²) < 4.78 is 5.84. The van der Waals surface area contributed by atoms with E-state index < -0.39 is 0 Å². The van der Waals surface area contributed by atoms with Gasteiger partial charge in [0, 0.05) is 13.2 Å². The molecule has 0 radical (unpaired) electrons. The van der Waals surface area contributed by atoms with Crippen LogP contribution in [0.15, 0.2) is 66.7 Å². The number of ether oxygens (including phenoxy) is 1. The quantitative estimate of drug-likeness (QED) is 0.643. The summed E-state index contributed by atoms with van der Waals surface area (Å²) in [5.41, 5.74) is 2.65. The molecule has 1 saturated heterocycles. The minimum Gasteiger partial charge on any atom is -0.377 e. The summed E-state index contributed by atoms with van der Waals surface area (Å²) in [6.45, 7) is 5.04. The predicted molar refractivity (Wildman–Crippen MR) is 108 cm³/mol. The monoisotopic (exact) mass is 357 g/mol. The summed E-state index contributed by atoms with van der Waals surface area (Å²) in [6.07, 6.45) is 6.73. The minimum absolute atomic E-state index is 0. The van der Waals surface area contributed by atoms with Crippen LogP contribution >= 0.6 is 12.4 Å². The molecule has 1 aliphatic heterocycles. The van der Waals surface area contributed by atoms with Gasteiger partial charge in [0.2, 0.25) is 0 Å². The molecule has 134 valence electrons. The minimum atomic E-state index is 0. The molecule has 2 aromatic carbocycles. The molecule has 0 bridgehead atoms. The molecule has 25 heavy (non-hydrogen) atoms. The Hall–Kier alpha value is -1.61. The molecule has 3 rings (SSSR count). The van der Waals surface area contributed by atoms with Gasteiger partial charge in [-0.3, -0.25) is 4.90 Å². The van der Waals surface area contributed by atoms with Crippen molar-refractivity contribution in [1.82, 2.24) is 4.90 Å². The average Bonchev–Trinajstić information content (AvgIpc) is 2.65. The second-order valence-corrected chi connectivity index (χ2v) is 6.56. The number of rotatable bonds is 7. The highest BCUT2D eigenvalue weighted by Crippen LogP contribution is 2.19. The Kier molecular flexibility index (Phi) is 8.75. The lowest BCUT2D eigenvalue weighted by atomic mass is 9.97. The van der Waals surface area contributed by atoms with Crippen molar-refractivity contribution in [3.8, 4) is 0 Å². The van der Waals surface area contributed by atoms with E-state index in [1.807, 2.05) is 6.07 Å². The van der Waals surface area contributed by atoms with Gasteiger partial charge in [-0.2, -0.15) is 0 Å². The van der Waals surface area contributed by atoms with Crippen molar-refractivity contribution in [3.05, 3.63) is 77.9 Å². The largest absolute Gasteiger partial charge is 0.377 e. The maximum atomic E-state index is 5.84. The maximum absolute atomic E-state index is 5.84. The number of nitrogens with zero attached hydrogens (tertiary/aromatic N) is 1. The van der Waals surface area contributed by atoms with Crippen LogP contribution in [0.4, 0.5) is 0 Å². The van der Waals surface area contributed by atoms with Gasteiger partial charge < -0.3 is 4.74 Å². The number of halogens is 1. The van der Waals surface area contributed by atoms with Crippen molar-refractivity contribution in [1.29, 1.82) is 0 Å². The SMILES string of the molecule is C(=C\c1ccccc1)/COCC1CCN(Cc2ccccc2)CC1.Cl. The van der Waals surface area contributed by atoms with Crippen LogP contribution in [0.3, 0.4) is 0 Å². The molecule has 1 fully saturated rings. The van der Waals surface area contributed by atoms with E-state index in [-0.39, 0.29) is 12.4 Å². The molecule has 0 atom stereocenters. The van der Waals surface area contributed by atoms with E-state index >= 15 is 0 Å². The first-order chi connectivity index (χ1) is 11.9. The summed E-state index contributed by atoms with van der Waals surface area (Å²) in [5.74, 6) is 0.710. The van der Waals surface area contributed by atoms with Gasteiger partial charge in [-0.25, -0.2) is 0 Å². The third-order valence-electron chi connectivity index (χ3n) is 4.63. The van der Waals surface area contributed by atoms with Gasteiger partial charge >= 0.3 is 0 Å². The number of hydrogen-bond acceptors (Lipinski definition) is 2. The second kappa shape index (κ2) is 11.1. The molecular formula is C22H28ClNO. The highest BCUT2D eigenvalue weighted by atomic mass is 35.5. The lowest BCUT2D eigenvalue weighted by Crippen LogP contribution is -2.34. The fourth-order valence-electron chi connectivity index (χ4n) is 3.20. The molecular weight excluding hydrogens is 330 g/mol. The third-order valence-corrected chi connectivity index (χ3v) is 4.63. The smallest absolute Gasteiger partial charge is 0.0650 e. The molecule has 0 aromatic heterocycles. The molecule has 2 aromatic rings. The summed E-state index contributed by atoms with van der Waals surface area (Å²) in [4.78, 5) is 2.56. The zero-order valence-corrected chi connectivity index (χ0v) is 15.5. The van der Waals surface area contributed by atoms with Crippen molar-refractivity contribution < 1.29 is 4.74 Å². The Bertz CT molecular complexity index is 606. The molecule has 2 nitrogen and oxygen atoms in total. The van der Waals surface area contributed by atoms with Crippen LogP contribution in [0.2, 0.25) is 0 Å². The Morgan fingerprint density at radius 2 is 1.56 bits per heavy atom. The normalized spacial score (nSPS) is 16.0.